The number of halogens is 2. The van der Waals surface area contributed by atoms with E-state index in [9.17, 15) is 0 Å². The summed E-state index contributed by atoms with van der Waals surface area (Å²) in [5.41, 5.74) is 2.37. The van der Waals surface area contributed by atoms with Crippen molar-refractivity contribution in [3.05, 3.63) is 35.9 Å². The lowest BCUT2D eigenvalue weighted by Gasteiger charge is -2.48. The van der Waals surface area contributed by atoms with Gasteiger partial charge in [-0.1, -0.05) is 65.0 Å². The molecule has 0 radical (unpaired) electrons. The highest BCUT2D eigenvalue weighted by molar-refractivity contribution is 7.24. The molecule has 0 N–H and O–H groups in total. The predicted octanol–water partition coefficient (Wildman–Crippen LogP) is 5.51. The lowest BCUT2D eigenvalue weighted by molar-refractivity contribution is 0.450. The maximum atomic E-state index is 7.10. The Morgan fingerprint density at radius 3 is 1.94 bits per heavy atom. The smallest absolute Gasteiger partial charge is 0.165 e. The first-order valence-electron chi connectivity index (χ1n) is 6.61. The molecule has 0 aromatic heterocycles. The van der Waals surface area contributed by atoms with Crippen LogP contribution < -0.4 is 0 Å². The molecule has 0 aliphatic rings. The minimum atomic E-state index is -2.12. The Hall–Kier alpha value is 0.0169. The lowest BCUT2D eigenvalue weighted by atomic mass is 9.89. The van der Waals surface area contributed by atoms with Gasteiger partial charge in [-0.15, -0.1) is 11.6 Å². The number of benzene rings is 1. The van der Waals surface area contributed by atoms with Crippen LogP contribution in [-0.4, -0.2) is 12.9 Å². The van der Waals surface area contributed by atoms with E-state index in [0.717, 1.165) is 0 Å². The highest BCUT2D eigenvalue weighted by atomic mass is 35.6. The monoisotopic (exact) mass is 302 g/mol. The van der Waals surface area contributed by atoms with Crippen molar-refractivity contribution < 1.29 is 0 Å². The van der Waals surface area contributed by atoms with Crippen molar-refractivity contribution in [2.45, 2.75) is 45.2 Å². The molecular weight excluding hydrogens is 279 g/mol. The van der Waals surface area contributed by atoms with Gasteiger partial charge in [-0.05, 0) is 17.0 Å². The van der Waals surface area contributed by atoms with Crippen molar-refractivity contribution in [3.63, 3.8) is 0 Å². The summed E-state index contributed by atoms with van der Waals surface area (Å²) < 4.78 is 0. The second-order valence-electron chi connectivity index (χ2n) is 5.87. The summed E-state index contributed by atoms with van der Waals surface area (Å²) in [4.78, 5) is 0. The van der Waals surface area contributed by atoms with E-state index in [-0.39, 0.29) is 5.04 Å². The van der Waals surface area contributed by atoms with Crippen LogP contribution >= 0.6 is 22.7 Å². The predicted molar refractivity (Wildman–Crippen MR) is 86.1 cm³/mol. The summed E-state index contributed by atoms with van der Waals surface area (Å²) in [6, 6.07) is 10.6. The van der Waals surface area contributed by atoms with Crippen LogP contribution in [0.15, 0.2) is 30.3 Å². The van der Waals surface area contributed by atoms with Gasteiger partial charge in [0.25, 0.3) is 0 Å². The van der Waals surface area contributed by atoms with Gasteiger partial charge >= 0.3 is 0 Å². The Kier molecular flexibility index (Phi) is 5.34. The van der Waals surface area contributed by atoms with Crippen LogP contribution in [0.5, 0.6) is 0 Å². The minimum absolute atomic E-state index is 0.00820. The van der Waals surface area contributed by atoms with Gasteiger partial charge in [-0.25, -0.2) is 0 Å². The summed E-state index contributed by atoms with van der Waals surface area (Å²) >= 11 is 13.4. The van der Waals surface area contributed by atoms with Gasteiger partial charge < -0.3 is 0 Å². The Balaban J connectivity index is 3.41. The lowest BCUT2D eigenvalue weighted by Crippen LogP contribution is -2.57. The molecule has 0 fully saturated rings. The Labute approximate surface area is 122 Å². The molecule has 3 heteroatoms. The first-order chi connectivity index (χ1) is 8.30. The summed E-state index contributed by atoms with van der Waals surface area (Å²) in [6.45, 7) is 11.2. The van der Waals surface area contributed by atoms with E-state index in [4.69, 9.17) is 22.7 Å². The Morgan fingerprint density at radius 2 is 1.61 bits per heavy atom. The highest BCUT2D eigenvalue weighted by Gasteiger charge is 2.53. The van der Waals surface area contributed by atoms with Crippen LogP contribution in [0.25, 0.3) is 0 Å². The van der Waals surface area contributed by atoms with E-state index >= 15 is 0 Å². The molecule has 0 saturated heterocycles. The standard InChI is InChI=1S/C15H24Cl2Si/c1-12(2)15(5,14-9-7-6-8-10-14)18(17,11-16)13(3)4/h6-10,12-13H,11H2,1-5H3. The molecule has 1 aromatic carbocycles. The van der Waals surface area contributed by atoms with E-state index in [0.29, 0.717) is 17.0 Å². The SMILES string of the molecule is CC(C)C(C)(c1ccccc1)[Si](Cl)(CCl)C(C)C. The number of hydrogen-bond acceptors (Lipinski definition) is 0. The van der Waals surface area contributed by atoms with E-state index in [1.54, 1.807) is 0 Å². The molecule has 2 unspecified atom stereocenters. The van der Waals surface area contributed by atoms with Gasteiger partial charge in [-0.2, -0.15) is 11.1 Å². The van der Waals surface area contributed by atoms with Crippen molar-refractivity contribution >= 4 is 30.1 Å². The average molecular weight is 303 g/mol. The van der Waals surface area contributed by atoms with Gasteiger partial charge in [0.05, 0.1) is 0 Å². The molecule has 0 saturated carbocycles. The van der Waals surface area contributed by atoms with Crippen molar-refractivity contribution in [2.24, 2.45) is 5.92 Å². The Bertz CT molecular complexity index is 377. The van der Waals surface area contributed by atoms with Crippen LogP contribution in [0.2, 0.25) is 5.54 Å². The van der Waals surface area contributed by atoms with Crippen molar-refractivity contribution in [3.8, 4) is 0 Å². The number of alkyl halides is 1. The fraction of sp³-hybridized carbons (Fsp3) is 0.600. The molecule has 0 aliphatic heterocycles. The molecule has 0 nitrogen and oxygen atoms in total. The molecule has 0 aliphatic carbocycles. The first-order valence-corrected chi connectivity index (χ1v) is 10.4. The van der Waals surface area contributed by atoms with Crippen LogP contribution in [0.1, 0.15) is 40.2 Å². The molecule has 18 heavy (non-hydrogen) atoms. The summed E-state index contributed by atoms with van der Waals surface area (Å²) in [5, 5.41) is -0.00820. The second kappa shape index (κ2) is 5.98. The topological polar surface area (TPSA) is 0 Å². The second-order valence-corrected chi connectivity index (χ2v) is 12.9. The zero-order valence-electron chi connectivity index (χ0n) is 12.0. The number of rotatable bonds is 5. The largest absolute Gasteiger partial charge is 0.183 e. The third-order valence-corrected chi connectivity index (χ3v) is 13.9. The molecule has 0 amide bonds. The zero-order chi connectivity index (χ0) is 14.0. The zero-order valence-corrected chi connectivity index (χ0v) is 14.5. The Morgan fingerprint density at radius 1 is 1.11 bits per heavy atom. The van der Waals surface area contributed by atoms with Crippen LogP contribution in [0, 0.1) is 5.92 Å². The molecule has 1 aromatic rings. The van der Waals surface area contributed by atoms with Gasteiger partial charge in [0.2, 0.25) is 0 Å². The molecule has 1 rings (SSSR count). The molecular formula is C15H24Cl2Si. The van der Waals surface area contributed by atoms with Crippen LogP contribution in [-0.2, 0) is 5.04 Å². The summed E-state index contributed by atoms with van der Waals surface area (Å²) in [5.74, 6) is 0.477. The van der Waals surface area contributed by atoms with E-state index in [2.05, 4.69) is 65.0 Å². The molecule has 102 valence electrons. The quantitative estimate of drug-likeness (QED) is 0.382. The van der Waals surface area contributed by atoms with Crippen molar-refractivity contribution in [1.82, 2.24) is 0 Å². The summed E-state index contributed by atoms with van der Waals surface area (Å²) in [6.07, 6.45) is 0. The number of hydrogen-bond donors (Lipinski definition) is 0. The molecule has 2 atom stereocenters. The van der Waals surface area contributed by atoms with Crippen molar-refractivity contribution in [2.75, 3.05) is 5.50 Å². The van der Waals surface area contributed by atoms with Gasteiger partial charge in [0, 0.05) is 10.5 Å². The first kappa shape index (κ1) is 16.1. The average Bonchev–Trinajstić information content (AvgIpc) is 2.37. The molecule has 0 heterocycles. The van der Waals surface area contributed by atoms with E-state index in [1.165, 1.54) is 5.56 Å². The maximum Gasteiger partial charge on any atom is 0.183 e. The third kappa shape index (κ3) is 2.50. The van der Waals surface area contributed by atoms with Gasteiger partial charge in [0.15, 0.2) is 7.38 Å². The third-order valence-electron chi connectivity index (χ3n) is 4.50. The fourth-order valence-corrected chi connectivity index (χ4v) is 8.86. The molecule has 0 bridgehead atoms. The summed E-state index contributed by atoms with van der Waals surface area (Å²) in [7, 11) is -2.12. The van der Waals surface area contributed by atoms with Crippen molar-refractivity contribution in [1.29, 1.82) is 0 Å². The minimum Gasteiger partial charge on any atom is -0.165 e. The highest BCUT2D eigenvalue weighted by Crippen LogP contribution is 2.48. The van der Waals surface area contributed by atoms with E-state index < -0.39 is 7.38 Å². The van der Waals surface area contributed by atoms with Gasteiger partial charge in [0.1, 0.15) is 0 Å². The van der Waals surface area contributed by atoms with Crippen LogP contribution in [0.4, 0.5) is 0 Å². The maximum absolute atomic E-state index is 7.10. The molecule has 0 spiro atoms. The fourth-order valence-electron chi connectivity index (χ4n) is 2.73. The normalized spacial score (nSPS) is 18.7. The van der Waals surface area contributed by atoms with Crippen LogP contribution in [0.3, 0.4) is 0 Å². The van der Waals surface area contributed by atoms with Gasteiger partial charge in [-0.3, -0.25) is 0 Å². The van der Waals surface area contributed by atoms with E-state index in [1.807, 2.05) is 0 Å².